The van der Waals surface area contributed by atoms with E-state index in [0.29, 0.717) is 11.5 Å². The first-order chi connectivity index (χ1) is 14.8. The lowest BCUT2D eigenvalue weighted by Gasteiger charge is -2.25. The van der Waals surface area contributed by atoms with Crippen molar-refractivity contribution >= 4 is 34.9 Å². The van der Waals surface area contributed by atoms with Crippen LogP contribution in [0.1, 0.15) is 5.56 Å². The number of benzene rings is 3. The van der Waals surface area contributed by atoms with E-state index in [1.54, 1.807) is 0 Å². The molecule has 0 fully saturated rings. The molecule has 0 aromatic heterocycles. The molecule has 0 saturated heterocycles. The summed E-state index contributed by atoms with van der Waals surface area (Å²) in [7, 11) is 0. The van der Waals surface area contributed by atoms with Gasteiger partial charge < -0.3 is 4.90 Å². The van der Waals surface area contributed by atoms with Crippen molar-refractivity contribution in [2.45, 2.75) is 0 Å². The number of amidine groups is 1. The molecule has 0 bridgehead atoms. The van der Waals surface area contributed by atoms with Gasteiger partial charge in [0.05, 0.1) is 0 Å². The third-order valence-electron chi connectivity index (χ3n) is 5.02. The minimum absolute atomic E-state index is 0.222. The number of aliphatic imine (C=N–C) groups is 1. The van der Waals surface area contributed by atoms with E-state index < -0.39 is 0 Å². The molecule has 0 unspecified atom stereocenters. The molecule has 2 heterocycles. The molecule has 0 radical (unpaired) electrons. The van der Waals surface area contributed by atoms with Gasteiger partial charge in [-0.05, 0) is 60.2 Å². The number of anilines is 3. The number of carbonyl (C=O) groups is 1. The van der Waals surface area contributed by atoms with Gasteiger partial charge in [0, 0.05) is 23.3 Å². The highest BCUT2D eigenvalue weighted by atomic mass is 16.2. The van der Waals surface area contributed by atoms with Crippen LogP contribution < -0.4 is 4.90 Å². The number of allylic oxidation sites excluding steroid dienone is 2. The number of amides is 1. The second-order valence-electron chi connectivity index (χ2n) is 6.97. The number of fused-ring (bicyclic) bond motifs is 1. The SMILES string of the molecule is O=C1N=C2C=CC=CN2/C1=C/c1ccc(N(c2ccccc2)c2ccccc2)cc1. The monoisotopic (exact) mass is 389 g/mol. The summed E-state index contributed by atoms with van der Waals surface area (Å²) < 4.78 is 0. The van der Waals surface area contributed by atoms with Crippen molar-refractivity contribution in [3.8, 4) is 0 Å². The van der Waals surface area contributed by atoms with E-state index in [-0.39, 0.29) is 5.91 Å². The van der Waals surface area contributed by atoms with E-state index in [2.05, 4.69) is 46.3 Å². The Morgan fingerprint density at radius 2 is 1.33 bits per heavy atom. The fourth-order valence-electron chi connectivity index (χ4n) is 3.60. The standard InChI is InChI=1S/C26H19N3O/c30-26-24(28-18-8-7-13-25(28)27-26)19-20-14-16-23(17-15-20)29(21-9-3-1-4-10-21)22-11-5-2-6-12-22/h1-19H/b24-19+. The van der Waals surface area contributed by atoms with E-state index in [1.165, 1.54) is 0 Å². The van der Waals surface area contributed by atoms with E-state index in [4.69, 9.17) is 0 Å². The Kier molecular flexibility index (Phi) is 4.58. The Morgan fingerprint density at radius 1 is 0.733 bits per heavy atom. The van der Waals surface area contributed by atoms with Crippen molar-refractivity contribution < 1.29 is 4.79 Å². The maximum atomic E-state index is 12.3. The highest BCUT2D eigenvalue weighted by Crippen LogP contribution is 2.34. The number of carbonyl (C=O) groups excluding carboxylic acids is 1. The third kappa shape index (κ3) is 3.35. The first-order valence-corrected chi connectivity index (χ1v) is 9.79. The molecule has 4 heteroatoms. The van der Waals surface area contributed by atoms with Gasteiger partial charge in [-0.2, -0.15) is 4.99 Å². The van der Waals surface area contributed by atoms with Gasteiger partial charge >= 0.3 is 0 Å². The molecule has 144 valence electrons. The van der Waals surface area contributed by atoms with Crippen LogP contribution in [0.5, 0.6) is 0 Å². The van der Waals surface area contributed by atoms with Crippen LogP contribution in [0.15, 0.2) is 120 Å². The molecular weight excluding hydrogens is 370 g/mol. The number of nitrogens with zero attached hydrogens (tertiary/aromatic N) is 3. The largest absolute Gasteiger partial charge is 0.311 e. The molecule has 4 nitrogen and oxygen atoms in total. The molecular formula is C26H19N3O. The summed E-state index contributed by atoms with van der Waals surface area (Å²) in [6.07, 6.45) is 9.34. The first kappa shape index (κ1) is 17.9. The lowest BCUT2D eigenvalue weighted by molar-refractivity contribution is -0.114. The fourth-order valence-corrected chi connectivity index (χ4v) is 3.60. The smallest absolute Gasteiger partial charge is 0.295 e. The van der Waals surface area contributed by atoms with Gasteiger partial charge in [-0.1, -0.05) is 54.6 Å². The van der Waals surface area contributed by atoms with Crippen molar-refractivity contribution in [1.29, 1.82) is 0 Å². The van der Waals surface area contributed by atoms with E-state index in [0.717, 1.165) is 22.6 Å². The van der Waals surface area contributed by atoms with Gasteiger partial charge in [-0.3, -0.25) is 9.69 Å². The number of hydrogen-bond donors (Lipinski definition) is 0. The molecule has 0 saturated carbocycles. The van der Waals surface area contributed by atoms with Crippen molar-refractivity contribution in [2.24, 2.45) is 4.99 Å². The Hall–Kier alpha value is -4.18. The van der Waals surface area contributed by atoms with E-state index in [1.807, 2.05) is 83.9 Å². The number of para-hydroxylation sites is 2. The summed E-state index contributed by atoms with van der Waals surface area (Å²) in [6.45, 7) is 0. The van der Waals surface area contributed by atoms with Gasteiger partial charge in [0.25, 0.3) is 5.91 Å². The van der Waals surface area contributed by atoms with Gasteiger partial charge in [0.15, 0.2) is 0 Å². The van der Waals surface area contributed by atoms with Crippen LogP contribution in [0, 0.1) is 0 Å². The van der Waals surface area contributed by atoms with Gasteiger partial charge in [0.2, 0.25) is 0 Å². The molecule has 1 amide bonds. The molecule has 2 aliphatic heterocycles. The molecule has 30 heavy (non-hydrogen) atoms. The zero-order valence-corrected chi connectivity index (χ0v) is 16.2. The molecule has 0 N–H and O–H groups in total. The normalized spacial score (nSPS) is 16.0. The first-order valence-electron chi connectivity index (χ1n) is 9.79. The minimum atomic E-state index is -0.222. The van der Waals surface area contributed by atoms with Crippen molar-refractivity contribution in [1.82, 2.24) is 4.90 Å². The van der Waals surface area contributed by atoms with Gasteiger partial charge in [-0.25, -0.2) is 0 Å². The Bertz CT molecular complexity index is 1150. The molecule has 0 atom stereocenters. The summed E-state index contributed by atoms with van der Waals surface area (Å²) in [5.74, 6) is 0.435. The molecule has 0 spiro atoms. The number of rotatable bonds is 4. The molecule has 2 aliphatic rings. The predicted molar refractivity (Wildman–Crippen MR) is 122 cm³/mol. The van der Waals surface area contributed by atoms with Crippen LogP contribution in [0.4, 0.5) is 17.1 Å². The lowest BCUT2D eigenvalue weighted by atomic mass is 10.1. The van der Waals surface area contributed by atoms with Crippen LogP contribution in [-0.2, 0) is 4.79 Å². The van der Waals surface area contributed by atoms with Gasteiger partial charge in [0.1, 0.15) is 11.5 Å². The molecule has 3 aromatic carbocycles. The summed E-state index contributed by atoms with van der Waals surface area (Å²) >= 11 is 0. The Balaban J connectivity index is 1.49. The summed E-state index contributed by atoms with van der Waals surface area (Å²) in [5, 5.41) is 0. The van der Waals surface area contributed by atoms with Crippen LogP contribution in [0.2, 0.25) is 0 Å². The van der Waals surface area contributed by atoms with Crippen molar-refractivity contribution in [3.05, 3.63) is 121 Å². The Morgan fingerprint density at radius 3 is 1.97 bits per heavy atom. The zero-order valence-electron chi connectivity index (χ0n) is 16.2. The average molecular weight is 389 g/mol. The molecule has 0 aliphatic carbocycles. The highest BCUT2D eigenvalue weighted by molar-refractivity contribution is 6.17. The van der Waals surface area contributed by atoms with Gasteiger partial charge in [-0.15, -0.1) is 0 Å². The van der Waals surface area contributed by atoms with E-state index >= 15 is 0 Å². The molecule has 5 rings (SSSR count). The van der Waals surface area contributed by atoms with E-state index in [9.17, 15) is 4.79 Å². The quantitative estimate of drug-likeness (QED) is 0.527. The summed E-state index contributed by atoms with van der Waals surface area (Å²) in [4.78, 5) is 20.4. The average Bonchev–Trinajstić information content (AvgIpc) is 3.12. The second-order valence-corrected chi connectivity index (χ2v) is 6.97. The fraction of sp³-hybridized carbons (Fsp3) is 0. The van der Waals surface area contributed by atoms with Crippen LogP contribution >= 0.6 is 0 Å². The summed E-state index contributed by atoms with van der Waals surface area (Å²) in [6, 6.07) is 28.7. The van der Waals surface area contributed by atoms with Crippen LogP contribution in [0.3, 0.4) is 0 Å². The van der Waals surface area contributed by atoms with Crippen LogP contribution in [0.25, 0.3) is 6.08 Å². The minimum Gasteiger partial charge on any atom is -0.311 e. The zero-order chi connectivity index (χ0) is 20.3. The topological polar surface area (TPSA) is 35.9 Å². The van der Waals surface area contributed by atoms with Crippen molar-refractivity contribution in [3.63, 3.8) is 0 Å². The molecule has 3 aromatic rings. The van der Waals surface area contributed by atoms with Crippen molar-refractivity contribution in [2.75, 3.05) is 4.90 Å². The third-order valence-corrected chi connectivity index (χ3v) is 5.02. The maximum Gasteiger partial charge on any atom is 0.295 e. The highest BCUT2D eigenvalue weighted by Gasteiger charge is 2.27. The second kappa shape index (κ2) is 7.68. The maximum absolute atomic E-state index is 12.3. The van der Waals surface area contributed by atoms with Crippen LogP contribution in [-0.4, -0.2) is 16.6 Å². The summed E-state index contributed by atoms with van der Waals surface area (Å²) in [5.41, 5.74) is 4.72. The predicted octanol–water partition coefficient (Wildman–Crippen LogP) is 5.82. The Labute approximate surface area is 175 Å². The number of hydrogen-bond acceptors (Lipinski definition) is 3. The lowest BCUT2D eigenvalue weighted by Crippen LogP contribution is -2.20.